The molecule has 0 spiro atoms. The Labute approximate surface area is 119 Å². The summed E-state index contributed by atoms with van der Waals surface area (Å²) >= 11 is 0. The van der Waals surface area contributed by atoms with E-state index in [9.17, 15) is 13.6 Å². The zero-order valence-electron chi connectivity index (χ0n) is 10.9. The van der Waals surface area contributed by atoms with Gasteiger partial charge in [0.25, 0.3) is 0 Å². The number of nitrogens with zero attached hydrogens (tertiary/aromatic N) is 2. The summed E-state index contributed by atoms with van der Waals surface area (Å²) in [7, 11) is 0. The molecule has 1 saturated carbocycles. The largest absolute Gasteiger partial charge is 0.336 e. The van der Waals surface area contributed by atoms with Crippen molar-refractivity contribution in [2.45, 2.75) is 12.8 Å². The maximum Gasteiger partial charge on any atom is 0.228 e. The van der Waals surface area contributed by atoms with E-state index in [-0.39, 0.29) is 17.5 Å². The fourth-order valence-electron chi connectivity index (χ4n) is 1.77. The molecule has 1 heterocycles. The van der Waals surface area contributed by atoms with Crippen molar-refractivity contribution < 1.29 is 13.6 Å². The fraction of sp³-hybridized carbons (Fsp3) is 0.214. The second kappa shape index (κ2) is 5.43. The average Bonchev–Trinajstić information content (AvgIpc) is 3.28. The second-order valence-electron chi connectivity index (χ2n) is 4.82. The third-order valence-electron chi connectivity index (χ3n) is 3.06. The summed E-state index contributed by atoms with van der Waals surface area (Å²) in [6, 6.07) is 6.31. The Hall–Kier alpha value is -2.57. The summed E-state index contributed by atoms with van der Waals surface area (Å²) in [4.78, 5) is 11.5. The van der Waals surface area contributed by atoms with Crippen molar-refractivity contribution in [1.82, 2.24) is 10.2 Å². The van der Waals surface area contributed by atoms with E-state index < -0.39 is 11.6 Å². The van der Waals surface area contributed by atoms with Crippen LogP contribution in [0.15, 0.2) is 30.3 Å². The highest BCUT2D eigenvalue weighted by Gasteiger charge is 2.29. The molecule has 3 rings (SSSR count). The van der Waals surface area contributed by atoms with Crippen molar-refractivity contribution in [1.29, 1.82) is 0 Å². The van der Waals surface area contributed by atoms with Crippen molar-refractivity contribution in [3.63, 3.8) is 0 Å². The van der Waals surface area contributed by atoms with Crippen LogP contribution in [0.2, 0.25) is 0 Å². The topological polar surface area (TPSA) is 66.9 Å². The van der Waals surface area contributed by atoms with Crippen LogP contribution in [0.1, 0.15) is 12.8 Å². The van der Waals surface area contributed by atoms with Gasteiger partial charge in [-0.05, 0) is 37.1 Å². The van der Waals surface area contributed by atoms with Crippen LogP contribution in [0.5, 0.6) is 0 Å². The Bertz CT molecular complexity index is 671. The van der Waals surface area contributed by atoms with Gasteiger partial charge in [-0.15, -0.1) is 10.2 Å². The van der Waals surface area contributed by atoms with Crippen LogP contribution in [0.25, 0.3) is 0 Å². The summed E-state index contributed by atoms with van der Waals surface area (Å²) in [5, 5.41) is 13.0. The van der Waals surface area contributed by atoms with Gasteiger partial charge in [-0.25, -0.2) is 8.78 Å². The summed E-state index contributed by atoms with van der Waals surface area (Å²) in [5.74, 6) is -0.709. The number of amides is 1. The highest BCUT2D eigenvalue weighted by molar-refractivity contribution is 5.93. The minimum absolute atomic E-state index is 0.0606. The van der Waals surface area contributed by atoms with Crippen LogP contribution in [-0.2, 0) is 4.79 Å². The Morgan fingerprint density at radius 1 is 1.10 bits per heavy atom. The van der Waals surface area contributed by atoms with Gasteiger partial charge in [-0.2, -0.15) is 0 Å². The van der Waals surface area contributed by atoms with E-state index in [2.05, 4.69) is 20.8 Å². The molecule has 0 atom stereocenters. The van der Waals surface area contributed by atoms with Gasteiger partial charge >= 0.3 is 0 Å². The van der Waals surface area contributed by atoms with E-state index in [1.165, 1.54) is 6.07 Å². The average molecular weight is 290 g/mol. The Morgan fingerprint density at radius 2 is 1.81 bits per heavy atom. The SMILES string of the molecule is O=C(Nc1ccc(Nc2ccc(F)cc2F)nn1)C1CC1. The third-order valence-corrected chi connectivity index (χ3v) is 3.06. The lowest BCUT2D eigenvalue weighted by Gasteiger charge is -2.07. The van der Waals surface area contributed by atoms with E-state index in [1.54, 1.807) is 12.1 Å². The number of halogens is 2. The number of hydrogen-bond acceptors (Lipinski definition) is 4. The minimum Gasteiger partial charge on any atom is -0.336 e. The molecule has 5 nitrogen and oxygen atoms in total. The van der Waals surface area contributed by atoms with Crippen LogP contribution in [0.3, 0.4) is 0 Å². The van der Waals surface area contributed by atoms with Gasteiger partial charge < -0.3 is 10.6 Å². The number of rotatable bonds is 4. The van der Waals surface area contributed by atoms with Crippen LogP contribution in [0, 0.1) is 17.6 Å². The first-order chi connectivity index (χ1) is 10.1. The lowest BCUT2D eigenvalue weighted by Crippen LogP contribution is -2.14. The van der Waals surface area contributed by atoms with Crippen LogP contribution >= 0.6 is 0 Å². The number of anilines is 3. The van der Waals surface area contributed by atoms with Crippen molar-refractivity contribution in [3.05, 3.63) is 42.0 Å². The monoisotopic (exact) mass is 290 g/mol. The molecule has 108 valence electrons. The van der Waals surface area contributed by atoms with Crippen LogP contribution in [-0.4, -0.2) is 16.1 Å². The molecule has 1 aromatic heterocycles. The van der Waals surface area contributed by atoms with E-state index in [4.69, 9.17) is 0 Å². The molecule has 2 N–H and O–H groups in total. The smallest absolute Gasteiger partial charge is 0.228 e. The lowest BCUT2D eigenvalue weighted by atomic mass is 10.3. The molecule has 21 heavy (non-hydrogen) atoms. The van der Waals surface area contributed by atoms with Gasteiger partial charge in [0.1, 0.15) is 11.6 Å². The van der Waals surface area contributed by atoms with Gasteiger partial charge in [-0.3, -0.25) is 4.79 Å². The van der Waals surface area contributed by atoms with Crippen molar-refractivity contribution in [3.8, 4) is 0 Å². The third kappa shape index (κ3) is 3.31. The maximum atomic E-state index is 13.5. The molecule has 7 heteroatoms. The van der Waals surface area contributed by atoms with E-state index >= 15 is 0 Å². The summed E-state index contributed by atoms with van der Waals surface area (Å²) in [6.45, 7) is 0. The molecule has 0 bridgehead atoms. The molecule has 2 aromatic rings. The standard InChI is InChI=1S/C14H12F2N4O/c15-9-3-4-11(10(16)7-9)17-12-5-6-13(20-19-12)18-14(21)8-1-2-8/h3-8H,1-2H2,(H,17,19)(H,18,20,21). The normalized spacial score (nSPS) is 13.8. The zero-order valence-corrected chi connectivity index (χ0v) is 10.9. The van der Waals surface area contributed by atoms with E-state index in [1.807, 2.05) is 0 Å². The molecule has 0 aliphatic heterocycles. The number of carbonyl (C=O) groups is 1. The molecule has 1 fully saturated rings. The number of hydrogen-bond donors (Lipinski definition) is 2. The molecular formula is C14H12F2N4O. The molecule has 0 unspecified atom stereocenters. The zero-order chi connectivity index (χ0) is 14.8. The van der Waals surface area contributed by atoms with Gasteiger partial charge in [0, 0.05) is 12.0 Å². The fourth-order valence-corrected chi connectivity index (χ4v) is 1.77. The van der Waals surface area contributed by atoms with Crippen molar-refractivity contribution >= 4 is 23.2 Å². The predicted molar refractivity (Wildman–Crippen MR) is 73.0 cm³/mol. The van der Waals surface area contributed by atoms with Gasteiger partial charge in [-0.1, -0.05) is 0 Å². The highest BCUT2D eigenvalue weighted by atomic mass is 19.1. The number of carbonyl (C=O) groups excluding carboxylic acids is 1. The van der Waals surface area contributed by atoms with Gasteiger partial charge in [0.05, 0.1) is 5.69 Å². The first kappa shape index (κ1) is 13.4. The molecule has 1 aliphatic carbocycles. The Kier molecular flexibility index (Phi) is 3.47. The predicted octanol–water partition coefficient (Wildman–Crippen LogP) is 2.85. The number of benzene rings is 1. The minimum atomic E-state index is -0.720. The Balaban J connectivity index is 1.67. The van der Waals surface area contributed by atoms with E-state index in [0.29, 0.717) is 11.6 Å². The van der Waals surface area contributed by atoms with Gasteiger partial charge in [0.2, 0.25) is 5.91 Å². The quantitative estimate of drug-likeness (QED) is 0.908. The molecule has 1 amide bonds. The van der Waals surface area contributed by atoms with Crippen molar-refractivity contribution in [2.24, 2.45) is 5.92 Å². The maximum absolute atomic E-state index is 13.5. The molecule has 0 saturated heterocycles. The van der Waals surface area contributed by atoms with Crippen molar-refractivity contribution in [2.75, 3.05) is 10.6 Å². The summed E-state index contributed by atoms with van der Waals surface area (Å²) < 4.78 is 26.3. The molecule has 1 aliphatic rings. The lowest BCUT2D eigenvalue weighted by molar-refractivity contribution is -0.117. The first-order valence-electron chi connectivity index (χ1n) is 6.48. The highest BCUT2D eigenvalue weighted by Crippen LogP contribution is 2.30. The van der Waals surface area contributed by atoms with Gasteiger partial charge in [0.15, 0.2) is 11.6 Å². The molecule has 1 aromatic carbocycles. The number of nitrogens with one attached hydrogen (secondary N) is 2. The molecule has 0 radical (unpaired) electrons. The number of aromatic nitrogens is 2. The van der Waals surface area contributed by atoms with E-state index in [0.717, 1.165) is 25.0 Å². The second-order valence-corrected chi connectivity index (χ2v) is 4.82. The summed E-state index contributed by atoms with van der Waals surface area (Å²) in [5.41, 5.74) is 0.0977. The van der Waals surface area contributed by atoms with Crippen LogP contribution in [0.4, 0.5) is 26.1 Å². The Morgan fingerprint density at radius 3 is 2.43 bits per heavy atom. The molecular weight excluding hydrogens is 278 g/mol. The first-order valence-corrected chi connectivity index (χ1v) is 6.48. The summed E-state index contributed by atoms with van der Waals surface area (Å²) in [6.07, 6.45) is 1.81. The van der Waals surface area contributed by atoms with Crippen LogP contribution < -0.4 is 10.6 Å².